The first-order valence-corrected chi connectivity index (χ1v) is 11.2. The Morgan fingerprint density at radius 2 is 2.00 bits per heavy atom. The zero-order chi connectivity index (χ0) is 22.2. The second kappa shape index (κ2) is 8.16. The Kier molecular flexibility index (Phi) is 5.55. The maximum absolute atomic E-state index is 13.0. The van der Waals surface area contributed by atoms with Crippen molar-refractivity contribution in [3.05, 3.63) is 70.9 Å². The zero-order valence-electron chi connectivity index (χ0n) is 17.1. The number of nitrogens with zero attached hydrogens (tertiary/aromatic N) is 1. The van der Waals surface area contributed by atoms with Crippen molar-refractivity contribution < 1.29 is 27.5 Å². The molecule has 2 heterocycles. The van der Waals surface area contributed by atoms with Gasteiger partial charge in [-0.1, -0.05) is 24.3 Å². The summed E-state index contributed by atoms with van der Waals surface area (Å²) in [6, 6.07) is 13.3. The van der Waals surface area contributed by atoms with Crippen molar-refractivity contribution in [1.82, 2.24) is 9.62 Å². The number of rotatable bonds is 5. The van der Waals surface area contributed by atoms with Crippen LogP contribution in [0.15, 0.2) is 59.1 Å². The molecular formula is C22H22N2O6S. The first kappa shape index (κ1) is 21.1. The average Bonchev–Trinajstić information content (AvgIpc) is 2.77. The van der Waals surface area contributed by atoms with Gasteiger partial charge in [0.2, 0.25) is 0 Å². The highest BCUT2D eigenvalue weighted by Crippen LogP contribution is 2.44. The van der Waals surface area contributed by atoms with Crippen LogP contribution in [0.5, 0.6) is 0 Å². The minimum absolute atomic E-state index is 0.0309. The molecule has 9 heteroatoms. The van der Waals surface area contributed by atoms with E-state index in [9.17, 15) is 18.0 Å². The van der Waals surface area contributed by atoms with Crippen molar-refractivity contribution in [1.29, 1.82) is 0 Å². The topological polar surface area (TPSA) is 102 Å². The molecular weight excluding hydrogens is 420 g/mol. The first-order valence-electron chi connectivity index (χ1n) is 9.74. The smallest absolute Gasteiger partial charge is 0.265 e. The lowest BCUT2D eigenvalue weighted by atomic mass is 9.96. The normalized spacial score (nSPS) is 19.4. The molecule has 1 amide bonds. The third kappa shape index (κ3) is 3.70. The lowest BCUT2D eigenvalue weighted by Gasteiger charge is -2.36. The summed E-state index contributed by atoms with van der Waals surface area (Å²) in [5.41, 5.74) is 1.49. The second-order valence-electron chi connectivity index (χ2n) is 7.25. The van der Waals surface area contributed by atoms with Crippen LogP contribution in [0.2, 0.25) is 0 Å². The summed E-state index contributed by atoms with van der Waals surface area (Å²) in [5, 5.41) is 2.76. The number of amides is 1. The van der Waals surface area contributed by atoms with Crippen molar-refractivity contribution in [2.24, 2.45) is 0 Å². The summed E-state index contributed by atoms with van der Waals surface area (Å²) >= 11 is 0. The van der Waals surface area contributed by atoms with Crippen LogP contribution < -0.4 is 5.32 Å². The molecule has 0 saturated carbocycles. The van der Waals surface area contributed by atoms with Gasteiger partial charge in [0.15, 0.2) is 11.5 Å². The van der Waals surface area contributed by atoms with Gasteiger partial charge in [0.25, 0.3) is 15.9 Å². The van der Waals surface area contributed by atoms with Gasteiger partial charge in [-0.25, -0.2) is 8.42 Å². The molecule has 0 aromatic heterocycles. The van der Waals surface area contributed by atoms with Gasteiger partial charge in [-0.2, -0.15) is 0 Å². The number of likely N-dealkylation sites (N-methyl/N-ethyl adjacent to an activating group) is 1. The molecule has 2 aliphatic heterocycles. The molecule has 0 spiro atoms. The summed E-state index contributed by atoms with van der Waals surface area (Å²) in [7, 11) is -0.915. The number of methoxy groups -OCH3 is 1. The minimum Gasteiger partial charge on any atom is -0.482 e. The lowest BCUT2D eigenvalue weighted by molar-refractivity contribution is -0.119. The van der Waals surface area contributed by atoms with Crippen LogP contribution in [0.3, 0.4) is 0 Å². The molecule has 1 unspecified atom stereocenters. The maximum atomic E-state index is 13.0. The number of fused-ring (bicyclic) bond motifs is 2. The highest BCUT2D eigenvalue weighted by molar-refractivity contribution is 7.89. The molecule has 2 aromatic rings. The number of carbonyl (C=O) groups excluding carboxylic acids is 2. The first-order chi connectivity index (χ1) is 14.8. The van der Waals surface area contributed by atoms with Gasteiger partial charge in [-0.05, 0) is 29.8 Å². The van der Waals surface area contributed by atoms with Crippen LogP contribution in [0.1, 0.15) is 34.0 Å². The molecule has 2 aromatic carbocycles. The Balaban J connectivity index is 1.68. The maximum Gasteiger partial charge on any atom is 0.265 e. The number of ether oxygens (including phenoxy) is 2. The molecule has 0 aliphatic carbocycles. The van der Waals surface area contributed by atoms with Gasteiger partial charge in [0.1, 0.15) is 11.8 Å². The van der Waals surface area contributed by atoms with E-state index in [1.807, 2.05) is 0 Å². The van der Waals surface area contributed by atoms with Crippen LogP contribution in [-0.2, 0) is 24.3 Å². The number of hydrogen-bond acceptors (Lipinski definition) is 6. The number of hydrogen-bond donors (Lipinski definition) is 1. The van der Waals surface area contributed by atoms with Crippen molar-refractivity contribution in [2.45, 2.75) is 17.4 Å². The van der Waals surface area contributed by atoms with Crippen LogP contribution in [0.25, 0.3) is 5.76 Å². The summed E-state index contributed by atoms with van der Waals surface area (Å²) in [4.78, 5) is 25.4. The standard InChI is InChI=1S/C22H22N2O6S/c1-24-20-17(25)13-18(14-6-5-7-15(12-14)22(26)23-10-11-29-2)30-21(20)16-8-3-4-9-19(16)31(24,27)28/h3-9,12,18H,10-11,13H2,1-2H3,(H,23,26). The number of sulfonamides is 1. The third-order valence-corrected chi connectivity index (χ3v) is 7.12. The van der Waals surface area contributed by atoms with Crippen molar-refractivity contribution in [3.8, 4) is 0 Å². The number of ketones is 1. The SMILES string of the molecule is COCCNC(=O)c1cccc(C2CC(=O)C3=C(O2)c2ccccc2S(=O)(=O)N3C)c1. The van der Waals surface area contributed by atoms with E-state index in [-0.39, 0.29) is 34.5 Å². The highest BCUT2D eigenvalue weighted by Gasteiger charge is 2.42. The summed E-state index contributed by atoms with van der Waals surface area (Å²) in [6.07, 6.45) is -0.671. The zero-order valence-corrected chi connectivity index (χ0v) is 17.9. The average molecular weight is 442 g/mol. The predicted octanol–water partition coefficient (Wildman–Crippen LogP) is 2.10. The van der Waals surface area contributed by atoms with E-state index in [1.165, 1.54) is 13.1 Å². The molecule has 0 radical (unpaired) electrons. The van der Waals surface area contributed by atoms with Crippen LogP contribution in [0, 0.1) is 0 Å². The summed E-state index contributed by atoms with van der Waals surface area (Å²) in [6.45, 7) is 0.782. The Morgan fingerprint density at radius 3 is 2.77 bits per heavy atom. The van der Waals surface area contributed by atoms with Gasteiger partial charge < -0.3 is 14.8 Å². The quantitative estimate of drug-likeness (QED) is 0.712. The molecule has 1 atom stereocenters. The molecule has 31 heavy (non-hydrogen) atoms. The van der Waals surface area contributed by atoms with Gasteiger partial charge in [-0.15, -0.1) is 0 Å². The minimum atomic E-state index is -3.82. The molecule has 4 rings (SSSR count). The van der Waals surface area contributed by atoms with E-state index in [4.69, 9.17) is 9.47 Å². The third-order valence-electron chi connectivity index (χ3n) is 5.31. The van der Waals surface area contributed by atoms with Crippen molar-refractivity contribution in [3.63, 3.8) is 0 Å². The summed E-state index contributed by atoms with van der Waals surface area (Å²) in [5.74, 6) is -0.347. The van der Waals surface area contributed by atoms with E-state index < -0.39 is 16.1 Å². The molecule has 1 N–H and O–H groups in total. The molecule has 8 nitrogen and oxygen atoms in total. The Morgan fingerprint density at radius 1 is 1.23 bits per heavy atom. The second-order valence-corrected chi connectivity index (χ2v) is 9.19. The number of nitrogens with one attached hydrogen (secondary N) is 1. The Bertz CT molecular complexity index is 1190. The predicted molar refractivity (Wildman–Crippen MR) is 112 cm³/mol. The monoisotopic (exact) mass is 442 g/mol. The number of benzene rings is 2. The molecule has 2 aliphatic rings. The Labute approximate surface area is 180 Å². The van der Waals surface area contributed by atoms with Crippen LogP contribution >= 0.6 is 0 Å². The fourth-order valence-corrected chi connectivity index (χ4v) is 5.13. The summed E-state index contributed by atoms with van der Waals surface area (Å²) < 4.78 is 37.7. The lowest BCUT2D eigenvalue weighted by Crippen LogP contribution is -2.38. The van der Waals surface area contributed by atoms with Crippen molar-refractivity contribution in [2.75, 3.05) is 27.3 Å². The molecule has 162 valence electrons. The van der Waals surface area contributed by atoms with E-state index in [1.54, 1.807) is 49.6 Å². The van der Waals surface area contributed by atoms with Gasteiger partial charge >= 0.3 is 0 Å². The van der Waals surface area contributed by atoms with Gasteiger partial charge in [0, 0.05) is 31.8 Å². The van der Waals surface area contributed by atoms with E-state index in [2.05, 4.69) is 5.32 Å². The van der Waals surface area contributed by atoms with Crippen LogP contribution in [0.4, 0.5) is 0 Å². The fourth-order valence-electron chi connectivity index (χ4n) is 3.72. The van der Waals surface area contributed by atoms with Crippen LogP contribution in [-0.4, -0.2) is 51.7 Å². The highest BCUT2D eigenvalue weighted by atomic mass is 32.2. The number of Topliss-reactive ketones (excluding diaryl/α,β-unsaturated/α-hetero) is 1. The van der Waals surface area contributed by atoms with E-state index in [0.717, 1.165) is 4.31 Å². The molecule has 0 saturated heterocycles. The molecule has 0 bridgehead atoms. The Hall–Kier alpha value is -3.17. The fraction of sp³-hybridized carbons (Fsp3) is 0.273. The van der Waals surface area contributed by atoms with E-state index in [0.29, 0.717) is 29.8 Å². The van der Waals surface area contributed by atoms with Crippen molar-refractivity contribution >= 4 is 27.5 Å². The van der Waals surface area contributed by atoms with Gasteiger partial charge in [0.05, 0.1) is 17.9 Å². The largest absolute Gasteiger partial charge is 0.482 e. The number of allylic oxidation sites excluding steroid dienone is 1. The van der Waals surface area contributed by atoms with E-state index >= 15 is 0 Å². The molecule has 0 fully saturated rings. The van der Waals surface area contributed by atoms with Gasteiger partial charge in [-0.3, -0.25) is 13.9 Å². The number of carbonyl (C=O) groups is 2.